The van der Waals surface area contributed by atoms with Crippen molar-refractivity contribution >= 4 is 5.91 Å². The van der Waals surface area contributed by atoms with Gasteiger partial charge < -0.3 is 10.0 Å². The van der Waals surface area contributed by atoms with Crippen LogP contribution in [-0.2, 0) is 4.79 Å². The Bertz CT molecular complexity index is 190. The number of aliphatic hydroxyl groups excluding tert-OH is 1. The van der Waals surface area contributed by atoms with E-state index in [2.05, 4.69) is 20.4 Å². The Morgan fingerprint density at radius 2 is 2.14 bits per heavy atom. The molecule has 0 heterocycles. The van der Waals surface area contributed by atoms with Crippen molar-refractivity contribution in [3.63, 3.8) is 0 Å². The highest BCUT2D eigenvalue weighted by Gasteiger charge is 2.19. The number of hydrogen-bond donors (Lipinski definition) is 1. The third-order valence-corrected chi connectivity index (χ3v) is 2.13. The fraction of sp³-hybridized carbons (Fsp3) is 0.727. The maximum atomic E-state index is 11.3. The lowest BCUT2D eigenvalue weighted by Crippen LogP contribution is -2.42. The van der Waals surface area contributed by atoms with Crippen LogP contribution in [0.15, 0.2) is 12.7 Å². The Balaban J connectivity index is 4.40. The molecule has 14 heavy (non-hydrogen) atoms. The van der Waals surface area contributed by atoms with Crippen LogP contribution in [0.4, 0.5) is 0 Å². The van der Waals surface area contributed by atoms with Crippen LogP contribution >= 0.6 is 0 Å². The molecular formula is C11H21NO2. The first-order chi connectivity index (χ1) is 6.52. The molecule has 0 radical (unpaired) electrons. The molecule has 0 bridgehead atoms. The van der Waals surface area contributed by atoms with Crippen molar-refractivity contribution in [2.24, 2.45) is 5.92 Å². The summed E-state index contributed by atoms with van der Waals surface area (Å²) < 4.78 is 0. The molecule has 3 heteroatoms. The Labute approximate surface area is 86.4 Å². The number of hydrogen-bond acceptors (Lipinski definition) is 2. The first-order valence-electron chi connectivity index (χ1n) is 5.01. The van der Waals surface area contributed by atoms with Gasteiger partial charge in [-0.3, -0.25) is 4.79 Å². The first kappa shape index (κ1) is 13.2. The van der Waals surface area contributed by atoms with Crippen LogP contribution in [-0.4, -0.2) is 35.1 Å². The van der Waals surface area contributed by atoms with Crippen molar-refractivity contribution in [2.45, 2.75) is 33.2 Å². The van der Waals surface area contributed by atoms with Gasteiger partial charge in [0, 0.05) is 13.5 Å². The molecule has 0 aromatic heterocycles. The molecule has 0 spiro atoms. The van der Waals surface area contributed by atoms with Gasteiger partial charge in [-0.1, -0.05) is 19.9 Å². The molecule has 1 N–H and O–H groups in total. The molecular weight excluding hydrogens is 178 g/mol. The zero-order valence-electron chi connectivity index (χ0n) is 9.36. The molecule has 0 rings (SSSR count). The van der Waals surface area contributed by atoms with Gasteiger partial charge >= 0.3 is 0 Å². The minimum absolute atomic E-state index is 0.00963. The second-order valence-corrected chi connectivity index (χ2v) is 3.93. The molecule has 1 amide bonds. The molecule has 0 saturated heterocycles. The fourth-order valence-corrected chi connectivity index (χ4v) is 1.52. The normalized spacial score (nSPS) is 12.6. The van der Waals surface area contributed by atoms with E-state index >= 15 is 0 Å². The van der Waals surface area contributed by atoms with Crippen molar-refractivity contribution in [3.8, 4) is 0 Å². The van der Waals surface area contributed by atoms with Crippen LogP contribution in [0.2, 0.25) is 0 Å². The molecule has 82 valence electrons. The van der Waals surface area contributed by atoms with Crippen LogP contribution in [0, 0.1) is 5.92 Å². The number of nitrogens with zero attached hydrogens (tertiary/aromatic N) is 1. The molecule has 0 aromatic rings. The van der Waals surface area contributed by atoms with E-state index in [1.54, 1.807) is 11.0 Å². The zero-order valence-corrected chi connectivity index (χ0v) is 9.36. The van der Waals surface area contributed by atoms with Crippen LogP contribution in [0.25, 0.3) is 0 Å². The summed E-state index contributed by atoms with van der Waals surface area (Å²) in [5.74, 6) is 0.461. The van der Waals surface area contributed by atoms with Gasteiger partial charge in [0.2, 0.25) is 5.91 Å². The van der Waals surface area contributed by atoms with E-state index in [1.165, 1.54) is 6.92 Å². The highest BCUT2D eigenvalue weighted by molar-refractivity contribution is 5.73. The molecule has 0 aromatic carbocycles. The average Bonchev–Trinajstić information content (AvgIpc) is 2.10. The van der Waals surface area contributed by atoms with Crippen LogP contribution in [0.1, 0.15) is 27.2 Å². The topological polar surface area (TPSA) is 40.5 Å². The minimum atomic E-state index is -0.0782. The summed E-state index contributed by atoms with van der Waals surface area (Å²) in [6, 6.07) is -0.0782. The summed E-state index contributed by atoms with van der Waals surface area (Å²) in [5, 5.41) is 9.19. The predicted octanol–water partition coefficient (Wildman–Crippen LogP) is 1.43. The van der Waals surface area contributed by atoms with E-state index in [9.17, 15) is 9.90 Å². The molecule has 0 aliphatic rings. The lowest BCUT2D eigenvalue weighted by molar-refractivity contribution is -0.131. The van der Waals surface area contributed by atoms with Crippen molar-refractivity contribution in [1.29, 1.82) is 0 Å². The lowest BCUT2D eigenvalue weighted by Gasteiger charge is -2.29. The highest BCUT2D eigenvalue weighted by Crippen LogP contribution is 2.11. The van der Waals surface area contributed by atoms with E-state index in [1.807, 2.05) is 0 Å². The number of aliphatic hydroxyl groups is 1. The Morgan fingerprint density at radius 1 is 1.57 bits per heavy atom. The molecule has 1 atom stereocenters. The summed E-state index contributed by atoms with van der Waals surface area (Å²) in [6.45, 7) is 9.81. The SMILES string of the molecule is C=CCN(C(C)=O)[C@H](CO)CC(C)C. The van der Waals surface area contributed by atoms with E-state index < -0.39 is 0 Å². The average molecular weight is 199 g/mol. The van der Waals surface area contributed by atoms with Gasteiger partial charge in [-0.25, -0.2) is 0 Å². The summed E-state index contributed by atoms with van der Waals surface area (Å²) in [6.07, 6.45) is 2.51. The van der Waals surface area contributed by atoms with Crippen LogP contribution in [0.3, 0.4) is 0 Å². The van der Waals surface area contributed by atoms with Crippen molar-refractivity contribution in [3.05, 3.63) is 12.7 Å². The number of rotatable bonds is 6. The van der Waals surface area contributed by atoms with Gasteiger partial charge in [0.05, 0.1) is 12.6 Å². The van der Waals surface area contributed by atoms with Crippen molar-refractivity contribution in [2.75, 3.05) is 13.2 Å². The summed E-state index contributed by atoms with van der Waals surface area (Å²) in [7, 11) is 0. The van der Waals surface area contributed by atoms with E-state index in [-0.39, 0.29) is 18.6 Å². The number of carbonyl (C=O) groups excluding carboxylic acids is 1. The Morgan fingerprint density at radius 3 is 2.43 bits per heavy atom. The van der Waals surface area contributed by atoms with Gasteiger partial charge in [0.1, 0.15) is 0 Å². The van der Waals surface area contributed by atoms with Crippen LogP contribution < -0.4 is 0 Å². The third kappa shape index (κ3) is 4.42. The zero-order chi connectivity index (χ0) is 11.1. The predicted molar refractivity (Wildman–Crippen MR) is 57.9 cm³/mol. The second kappa shape index (κ2) is 6.60. The standard InChI is InChI=1S/C11H21NO2/c1-5-6-12(10(4)14)11(8-13)7-9(2)3/h5,9,11,13H,1,6-8H2,2-4H3/t11-/m0/s1. The number of carbonyl (C=O) groups is 1. The molecule has 0 fully saturated rings. The lowest BCUT2D eigenvalue weighted by atomic mass is 10.0. The van der Waals surface area contributed by atoms with Crippen molar-refractivity contribution in [1.82, 2.24) is 4.90 Å². The Kier molecular flexibility index (Phi) is 6.21. The quantitative estimate of drug-likeness (QED) is 0.657. The van der Waals surface area contributed by atoms with Crippen LogP contribution in [0.5, 0.6) is 0 Å². The fourth-order valence-electron chi connectivity index (χ4n) is 1.52. The summed E-state index contributed by atoms with van der Waals surface area (Å²) in [5.41, 5.74) is 0. The van der Waals surface area contributed by atoms with E-state index in [0.29, 0.717) is 12.5 Å². The van der Waals surface area contributed by atoms with Gasteiger partial charge in [-0.15, -0.1) is 6.58 Å². The number of amides is 1. The summed E-state index contributed by atoms with van der Waals surface area (Å²) >= 11 is 0. The van der Waals surface area contributed by atoms with E-state index in [0.717, 1.165) is 6.42 Å². The van der Waals surface area contributed by atoms with Gasteiger partial charge in [-0.2, -0.15) is 0 Å². The third-order valence-electron chi connectivity index (χ3n) is 2.13. The van der Waals surface area contributed by atoms with E-state index in [4.69, 9.17) is 0 Å². The Hall–Kier alpha value is -0.830. The van der Waals surface area contributed by atoms with Gasteiger partial charge in [0.15, 0.2) is 0 Å². The maximum absolute atomic E-state index is 11.3. The largest absolute Gasteiger partial charge is 0.394 e. The second-order valence-electron chi connectivity index (χ2n) is 3.93. The molecule has 0 unspecified atom stereocenters. The maximum Gasteiger partial charge on any atom is 0.220 e. The first-order valence-corrected chi connectivity index (χ1v) is 5.01. The molecule has 0 saturated carbocycles. The molecule has 0 aliphatic carbocycles. The summed E-state index contributed by atoms with van der Waals surface area (Å²) in [4.78, 5) is 12.9. The molecule has 0 aliphatic heterocycles. The monoisotopic (exact) mass is 199 g/mol. The van der Waals surface area contributed by atoms with Gasteiger partial charge in [0.25, 0.3) is 0 Å². The highest BCUT2D eigenvalue weighted by atomic mass is 16.3. The van der Waals surface area contributed by atoms with Crippen molar-refractivity contribution < 1.29 is 9.90 Å². The smallest absolute Gasteiger partial charge is 0.220 e. The van der Waals surface area contributed by atoms with Gasteiger partial charge in [-0.05, 0) is 12.3 Å². The minimum Gasteiger partial charge on any atom is -0.394 e. The molecule has 3 nitrogen and oxygen atoms in total.